The van der Waals surface area contributed by atoms with Crippen LogP contribution in [0.2, 0.25) is 0 Å². The predicted octanol–water partition coefficient (Wildman–Crippen LogP) is 1.67. The molecule has 1 rings (SSSR count). The van der Waals surface area contributed by atoms with E-state index >= 15 is 0 Å². The molecule has 2 unspecified atom stereocenters. The maximum Gasteiger partial charge on any atom is 0.466 e. The number of alkyl halides is 6. The summed E-state index contributed by atoms with van der Waals surface area (Å²) < 4.78 is 83.2. The number of rotatable bonds is 2. The zero-order valence-corrected chi connectivity index (χ0v) is 13.2. The molecule has 1 heterocycles. The SMILES string of the molecule is CC1(CC(F)(F)F)CNCC(C)(CC(F)(F)F)N1.O=P(O)(O)O. The molecule has 1 aliphatic rings. The third kappa shape index (κ3) is 12.7. The molecule has 0 radical (unpaired) electrons. The van der Waals surface area contributed by atoms with Crippen molar-refractivity contribution in [2.24, 2.45) is 0 Å². The lowest BCUT2D eigenvalue weighted by atomic mass is 9.85. The van der Waals surface area contributed by atoms with Gasteiger partial charge < -0.3 is 25.3 Å². The molecule has 0 aromatic heterocycles. The highest BCUT2D eigenvalue weighted by molar-refractivity contribution is 7.45. The van der Waals surface area contributed by atoms with E-state index in [-0.39, 0.29) is 13.1 Å². The van der Waals surface area contributed by atoms with Gasteiger partial charge in [-0.2, -0.15) is 26.3 Å². The Morgan fingerprint density at radius 1 is 0.913 bits per heavy atom. The van der Waals surface area contributed by atoms with Gasteiger partial charge in [0.1, 0.15) is 0 Å². The number of phosphoric acid groups is 1. The van der Waals surface area contributed by atoms with Crippen LogP contribution in [0.25, 0.3) is 0 Å². The number of hydrogen-bond donors (Lipinski definition) is 5. The zero-order valence-electron chi connectivity index (χ0n) is 12.3. The van der Waals surface area contributed by atoms with E-state index in [1.807, 2.05) is 0 Å². The minimum Gasteiger partial charge on any atom is -0.313 e. The van der Waals surface area contributed by atoms with Crippen molar-refractivity contribution in [3.05, 3.63) is 0 Å². The zero-order chi connectivity index (χ0) is 18.7. The van der Waals surface area contributed by atoms with Gasteiger partial charge in [-0.05, 0) is 13.8 Å². The summed E-state index contributed by atoms with van der Waals surface area (Å²) in [5.74, 6) is 0. The summed E-state index contributed by atoms with van der Waals surface area (Å²) in [4.78, 5) is 21.6. The number of piperazine rings is 1. The maximum absolute atomic E-state index is 12.4. The van der Waals surface area contributed by atoms with Crippen LogP contribution >= 0.6 is 7.82 Å². The second-order valence-corrected chi connectivity index (χ2v) is 6.97. The van der Waals surface area contributed by atoms with Crippen LogP contribution in [0.5, 0.6) is 0 Å². The standard InChI is InChI=1S/C10H16F6N2.H3O4P/c1-7(3-9(11,12)13)5-17-6-8(2,18-7)4-10(14,15)16;1-5(2,3)4/h17-18H,3-6H2,1-2H3;(H3,1,2,3,4). The molecule has 140 valence electrons. The van der Waals surface area contributed by atoms with Crippen molar-refractivity contribution >= 4 is 7.82 Å². The van der Waals surface area contributed by atoms with E-state index in [0.717, 1.165) is 0 Å². The van der Waals surface area contributed by atoms with Crippen LogP contribution in [0.3, 0.4) is 0 Å². The Balaban J connectivity index is 0.000000841. The molecule has 1 saturated heterocycles. The van der Waals surface area contributed by atoms with Crippen LogP contribution in [0.4, 0.5) is 26.3 Å². The van der Waals surface area contributed by atoms with Crippen molar-refractivity contribution in [2.45, 2.75) is 50.1 Å². The smallest absolute Gasteiger partial charge is 0.313 e. The minimum atomic E-state index is -4.64. The van der Waals surface area contributed by atoms with E-state index in [2.05, 4.69) is 10.6 Å². The average Bonchev–Trinajstić information content (AvgIpc) is 2.03. The van der Waals surface area contributed by atoms with Crippen LogP contribution in [0.15, 0.2) is 0 Å². The Morgan fingerprint density at radius 3 is 1.39 bits per heavy atom. The lowest BCUT2D eigenvalue weighted by Crippen LogP contribution is -2.69. The molecule has 13 heteroatoms. The molecule has 0 aliphatic carbocycles. The first kappa shape index (κ1) is 22.6. The Labute approximate surface area is 128 Å². The third-order valence-electron chi connectivity index (χ3n) is 2.82. The fourth-order valence-electron chi connectivity index (χ4n) is 2.53. The van der Waals surface area contributed by atoms with Gasteiger partial charge in [-0.15, -0.1) is 0 Å². The summed E-state index contributed by atoms with van der Waals surface area (Å²) in [5, 5.41) is 5.17. The Bertz CT molecular complexity index is 404. The number of nitrogens with one attached hydrogen (secondary N) is 2. The molecule has 0 amide bonds. The molecule has 0 spiro atoms. The highest BCUT2D eigenvalue weighted by Gasteiger charge is 2.48. The normalized spacial score (nSPS) is 29.7. The number of hydrogen-bond acceptors (Lipinski definition) is 3. The van der Waals surface area contributed by atoms with Gasteiger partial charge >= 0.3 is 20.2 Å². The average molecular weight is 376 g/mol. The van der Waals surface area contributed by atoms with Crippen molar-refractivity contribution in [1.29, 1.82) is 0 Å². The van der Waals surface area contributed by atoms with Gasteiger partial charge in [-0.25, -0.2) is 4.57 Å². The monoisotopic (exact) mass is 376 g/mol. The molecule has 5 N–H and O–H groups in total. The van der Waals surface area contributed by atoms with Gasteiger partial charge in [-0.1, -0.05) is 0 Å². The van der Waals surface area contributed by atoms with Gasteiger partial charge in [0.2, 0.25) is 0 Å². The molecule has 0 aromatic rings. The first-order valence-corrected chi connectivity index (χ1v) is 7.81. The molecule has 1 aliphatic heterocycles. The van der Waals surface area contributed by atoms with Crippen molar-refractivity contribution < 1.29 is 45.6 Å². The summed E-state index contributed by atoms with van der Waals surface area (Å²) >= 11 is 0. The topological polar surface area (TPSA) is 102 Å². The van der Waals surface area contributed by atoms with Crippen LogP contribution in [0.1, 0.15) is 26.7 Å². The van der Waals surface area contributed by atoms with E-state index in [1.165, 1.54) is 13.8 Å². The second-order valence-electron chi connectivity index (χ2n) is 5.95. The number of halogens is 6. The minimum absolute atomic E-state index is 0.0139. The maximum atomic E-state index is 12.4. The van der Waals surface area contributed by atoms with E-state index in [4.69, 9.17) is 19.2 Å². The van der Waals surface area contributed by atoms with Crippen LogP contribution < -0.4 is 10.6 Å². The van der Waals surface area contributed by atoms with E-state index < -0.39 is 44.1 Å². The summed E-state index contributed by atoms with van der Waals surface area (Å²) in [6.07, 6.45) is -11.2. The van der Waals surface area contributed by atoms with Crippen LogP contribution in [0, 0.1) is 0 Å². The van der Waals surface area contributed by atoms with Gasteiger partial charge in [0.15, 0.2) is 0 Å². The lowest BCUT2D eigenvalue weighted by molar-refractivity contribution is -0.165. The Morgan fingerprint density at radius 2 is 1.17 bits per heavy atom. The molecule has 0 bridgehead atoms. The summed E-state index contributed by atoms with van der Waals surface area (Å²) in [6, 6.07) is 0. The molecule has 1 fully saturated rings. The van der Waals surface area contributed by atoms with E-state index in [1.54, 1.807) is 0 Å². The highest BCUT2D eigenvalue weighted by atomic mass is 31.2. The predicted molar refractivity (Wildman–Crippen MR) is 68.4 cm³/mol. The van der Waals surface area contributed by atoms with E-state index in [9.17, 15) is 26.3 Å². The molecule has 0 saturated carbocycles. The molecular weight excluding hydrogens is 357 g/mol. The van der Waals surface area contributed by atoms with Crippen molar-refractivity contribution in [3.63, 3.8) is 0 Å². The first-order valence-electron chi connectivity index (χ1n) is 6.24. The fourth-order valence-corrected chi connectivity index (χ4v) is 2.53. The van der Waals surface area contributed by atoms with Crippen molar-refractivity contribution in [1.82, 2.24) is 10.6 Å². The highest BCUT2D eigenvalue weighted by Crippen LogP contribution is 2.34. The molecule has 0 aromatic carbocycles. The van der Waals surface area contributed by atoms with Crippen molar-refractivity contribution in [3.8, 4) is 0 Å². The molecule has 2 atom stereocenters. The summed E-state index contributed by atoms with van der Waals surface area (Å²) in [5.41, 5.74) is -2.84. The lowest BCUT2D eigenvalue weighted by Gasteiger charge is -2.47. The fraction of sp³-hybridized carbons (Fsp3) is 1.00. The largest absolute Gasteiger partial charge is 0.466 e. The molecule has 6 nitrogen and oxygen atoms in total. The molecular formula is C10H19F6N2O4P. The molecule has 23 heavy (non-hydrogen) atoms. The van der Waals surface area contributed by atoms with Gasteiger partial charge in [-0.3, -0.25) is 0 Å². The van der Waals surface area contributed by atoms with Crippen LogP contribution in [-0.2, 0) is 4.57 Å². The first-order chi connectivity index (χ1) is 9.83. The summed E-state index contributed by atoms with van der Waals surface area (Å²) in [6.45, 7) is 2.53. The van der Waals surface area contributed by atoms with Gasteiger partial charge in [0.05, 0.1) is 12.8 Å². The third-order valence-corrected chi connectivity index (χ3v) is 2.82. The Hall–Kier alpha value is -0.390. The second kappa shape index (κ2) is 7.24. The van der Waals surface area contributed by atoms with Crippen LogP contribution in [-0.4, -0.2) is 51.2 Å². The quantitative estimate of drug-likeness (QED) is 0.371. The Kier molecular flexibility index (Phi) is 7.12. The summed E-state index contributed by atoms with van der Waals surface area (Å²) in [7, 11) is -4.64. The van der Waals surface area contributed by atoms with Gasteiger partial charge in [0, 0.05) is 24.2 Å². The van der Waals surface area contributed by atoms with Crippen molar-refractivity contribution in [2.75, 3.05) is 13.1 Å². The van der Waals surface area contributed by atoms with Gasteiger partial charge in [0.25, 0.3) is 0 Å². The van der Waals surface area contributed by atoms with E-state index in [0.29, 0.717) is 0 Å².